The highest BCUT2D eigenvalue weighted by Gasteiger charge is 2.20. The maximum Gasteiger partial charge on any atom is 0.224 e. The van der Waals surface area contributed by atoms with Gasteiger partial charge >= 0.3 is 0 Å². The Morgan fingerprint density at radius 1 is 1.22 bits per heavy atom. The summed E-state index contributed by atoms with van der Waals surface area (Å²) >= 11 is 0. The van der Waals surface area contributed by atoms with E-state index < -0.39 is 0 Å². The minimum absolute atomic E-state index is 0.0517. The quantitative estimate of drug-likeness (QED) is 0.657. The highest BCUT2D eigenvalue weighted by atomic mass is 16.1. The van der Waals surface area contributed by atoms with Gasteiger partial charge in [-0.25, -0.2) is 0 Å². The Morgan fingerprint density at radius 2 is 1.78 bits per heavy atom. The zero-order chi connectivity index (χ0) is 14.1. The van der Waals surface area contributed by atoms with Crippen LogP contribution in [0.3, 0.4) is 0 Å². The molecule has 2 unspecified atom stereocenters. The maximum atomic E-state index is 12.1. The summed E-state index contributed by atoms with van der Waals surface area (Å²) in [6, 6.07) is 0.179. The summed E-state index contributed by atoms with van der Waals surface area (Å²) in [5.74, 6) is 0.553. The third kappa shape index (κ3) is 6.97. The first-order valence-corrected chi connectivity index (χ1v) is 7.17. The Hall–Kier alpha value is -0.610. The number of rotatable bonds is 9. The summed E-state index contributed by atoms with van der Waals surface area (Å²) in [5.41, 5.74) is 5.68. The normalized spacial score (nSPS) is 14.9. The van der Waals surface area contributed by atoms with Crippen LogP contribution in [-0.2, 0) is 4.79 Å². The lowest BCUT2D eigenvalue weighted by atomic mass is 9.96. The summed E-state index contributed by atoms with van der Waals surface area (Å²) in [5, 5.41) is 3.07. The molecule has 0 bridgehead atoms. The van der Waals surface area contributed by atoms with Crippen LogP contribution in [-0.4, -0.2) is 43.0 Å². The van der Waals surface area contributed by atoms with Gasteiger partial charge in [0.15, 0.2) is 0 Å². The average molecular weight is 257 g/mol. The number of nitrogens with zero attached hydrogens (tertiary/aromatic N) is 1. The molecular weight excluding hydrogens is 226 g/mol. The molecule has 0 aromatic heterocycles. The van der Waals surface area contributed by atoms with Gasteiger partial charge in [-0.2, -0.15) is 0 Å². The van der Waals surface area contributed by atoms with E-state index in [0.717, 1.165) is 26.1 Å². The van der Waals surface area contributed by atoms with Gasteiger partial charge in [-0.1, -0.05) is 27.7 Å². The second-order valence-electron chi connectivity index (χ2n) is 5.46. The largest absolute Gasteiger partial charge is 0.352 e. The van der Waals surface area contributed by atoms with Crippen LogP contribution in [0, 0.1) is 11.8 Å². The number of hydrogen-bond acceptors (Lipinski definition) is 3. The third-order valence-corrected chi connectivity index (χ3v) is 3.23. The summed E-state index contributed by atoms with van der Waals surface area (Å²) in [6.45, 7) is 13.9. The van der Waals surface area contributed by atoms with Gasteiger partial charge < -0.3 is 16.0 Å². The monoisotopic (exact) mass is 257 g/mol. The molecule has 108 valence electrons. The minimum atomic E-state index is -0.0517. The minimum Gasteiger partial charge on any atom is -0.352 e. The highest BCUT2D eigenvalue weighted by Crippen LogP contribution is 2.10. The van der Waals surface area contributed by atoms with E-state index in [2.05, 4.69) is 44.8 Å². The Morgan fingerprint density at radius 3 is 2.17 bits per heavy atom. The van der Waals surface area contributed by atoms with Crippen LogP contribution in [0.2, 0.25) is 0 Å². The van der Waals surface area contributed by atoms with Crippen molar-refractivity contribution in [1.29, 1.82) is 0 Å². The van der Waals surface area contributed by atoms with E-state index in [-0.39, 0.29) is 17.9 Å². The van der Waals surface area contributed by atoms with E-state index in [4.69, 9.17) is 5.73 Å². The molecule has 2 atom stereocenters. The molecule has 0 saturated carbocycles. The van der Waals surface area contributed by atoms with Crippen molar-refractivity contribution in [3.8, 4) is 0 Å². The maximum absolute atomic E-state index is 12.1. The lowest BCUT2D eigenvalue weighted by Crippen LogP contribution is -2.45. The van der Waals surface area contributed by atoms with E-state index in [1.54, 1.807) is 0 Å². The second kappa shape index (κ2) is 9.34. The molecule has 0 aromatic rings. The van der Waals surface area contributed by atoms with Crippen molar-refractivity contribution in [2.24, 2.45) is 17.6 Å². The molecule has 3 N–H and O–H groups in total. The van der Waals surface area contributed by atoms with Gasteiger partial charge in [-0.3, -0.25) is 4.79 Å². The fraction of sp³-hybridized carbons (Fsp3) is 0.929. The molecule has 0 fully saturated rings. The van der Waals surface area contributed by atoms with E-state index >= 15 is 0 Å². The molecule has 0 heterocycles. The predicted octanol–water partition coefficient (Wildman–Crippen LogP) is 1.45. The molecular formula is C14H31N3O. The number of nitrogens with two attached hydrogens (primary N) is 1. The van der Waals surface area contributed by atoms with Gasteiger partial charge in [-0.15, -0.1) is 0 Å². The first kappa shape index (κ1) is 17.4. The van der Waals surface area contributed by atoms with Gasteiger partial charge in [0.2, 0.25) is 5.91 Å². The first-order chi connectivity index (χ1) is 8.44. The number of amides is 1. The van der Waals surface area contributed by atoms with Gasteiger partial charge in [0.1, 0.15) is 0 Å². The molecule has 0 saturated heterocycles. The smallest absolute Gasteiger partial charge is 0.224 e. The van der Waals surface area contributed by atoms with Crippen LogP contribution in [0.4, 0.5) is 0 Å². The van der Waals surface area contributed by atoms with Crippen LogP contribution >= 0.6 is 0 Å². The molecule has 0 aromatic carbocycles. The lowest BCUT2D eigenvalue weighted by Gasteiger charge is -2.25. The number of hydrogen-bond donors (Lipinski definition) is 2. The van der Waals surface area contributed by atoms with Crippen molar-refractivity contribution < 1.29 is 4.79 Å². The molecule has 4 nitrogen and oxygen atoms in total. The summed E-state index contributed by atoms with van der Waals surface area (Å²) < 4.78 is 0. The van der Waals surface area contributed by atoms with Crippen LogP contribution in [0.5, 0.6) is 0 Å². The van der Waals surface area contributed by atoms with E-state index in [1.807, 2.05) is 0 Å². The molecule has 0 radical (unpaired) electrons. The van der Waals surface area contributed by atoms with Crippen LogP contribution in [0.15, 0.2) is 0 Å². The van der Waals surface area contributed by atoms with Gasteiger partial charge in [0.05, 0.1) is 5.92 Å². The SMILES string of the molecule is CCN(CC)CC(C)NC(=O)C(CN)CC(C)C. The second-order valence-corrected chi connectivity index (χ2v) is 5.46. The lowest BCUT2D eigenvalue weighted by molar-refractivity contribution is -0.125. The van der Waals surface area contributed by atoms with Crippen molar-refractivity contribution in [1.82, 2.24) is 10.2 Å². The summed E-state index contributed by atoms with van der Waals surface area (Å²) in [6.07, 6.45) is 0.861. The Labute approximate surface area is 112 Å². The fourth-order valence-corrected chi connectivity index (χ4v) is 2.15. The Balaban J connectivity index is 4.18. The molecule has 0 spiro atoms. The predicted molar refractivity (Wildman–Crippen MR) is 77.4 cm³/mol. The van der Waals surface area contributed by atoms with Crippen LogP contribution in [0.25, 0.3) is 0 Å². The van der Waals surface area contributed by atoms with Crippen molar-refractivity contribution in [3.63, 3.8) is 0 Å². The standard InChI is InChI=1S/C14H31N3O/c1-6-17(7-2)10-12(5)16-14(18)13(9-15)8-11(3)4/h11-13H,6-10,15H2,1-5H3,(H,16,18). The fourth-order valence-electron chi connectivity index (χ4n) is 2.15. The summed E-state index contributed by atoms with van der Waals surface area (Å²) in [4.78, 5) is 14.4. The highest BCUT2D eigenvalue weighted by molar-refractivity contribution is 5.79. The number of carbonyl (C=O) groups is 1. The van der Waals surface area contributed by atoms with Gasteiger partial charge in [-0.05, 0) is 32.4 Å². The van der Waals surface area contributed by atoms with Crippen molar-refractivity contribution >= 4 is 5.91 Å². The number of likely N-dealkylation sites (N-methyl/N-ethyl adjacent to an activating group) is 1. The van der Waals surface area contributed by atoms with Crippen LogP contribution in [0.1, 0.15) is 41.0 Å². The zero-order valence-electron chi connectivity index (χ0n) is 12.7. The molecule has 18 heavy (non-hydrogen) atoms. The molecule has 1 amide bonds. The first-order valence-electron chi connectivity index (χ1n) is 7.17. The van der Waals surface area contributed by atoms with Crippen molar-refractivity contribution in [2.75, 3.05) is 26.2 Å². The van der Waals surface area contributed by atoms with Gasteiger partial charge in [0, 0.05) is 19.1 Å². The topological polar surface area (TPSA) is 58.4 Å². The molecule has 0 aliphatic rings. The average Bonchev–Trinajstić information content (AvgIpc) is 2.32. The van der Waals surface area contributed by atoms with E-state index in [9.17, 15) is 4.79 Å². The number of nitrogens with one attached hydrogen (secondary N) is 1. The van der Waals surface area contributed by atoms with E-state index in [1.165, 1.54) is 0 Å². The third-order valence-electron chi connectivity index (χ3n) is 3.23. The number of carbonyl (C=O) groups excluding carboxylic acids is 1. The van der Waals surface area contributed by atoms with Crippen molar-refractivity contribution in [3.05, 3.63) is 0 Å². The molecule has 0 aliphatic heterocycles. The Kier molecular flexibility index (Phi) is 9.02. The Bertz CT molecular complexity index is 227. The molecule has 0 rings (SSSR count). The van der Waals surface area contributed by atoms with Gasteiger partial charge in [0.25, 0.3) is 0 Å². The van der Waals surface area contributed by atoms with E-state index in [0.29, 0.717) is 12.5 Å². The summed E-state index contributed by atoms with van der Waals surface area (Å²) in [7, 11) is 0. The van der Waals surface area contributed by atoms with Crippen molar-refractivity contribution in [2.45, 2.75) is 47.1 Å². The van der Waals surface area contributed by atoms with Crippen LogP contribution < -0.4 is 11.1 Å². The zero-order valence-corrected chi connectivity index (χ0v) is 12.7. The molecule has 4 heteroatoms. The molecule has 0 aliphatic carbocycles.